The van der Waals surface area contributed by atoms with Gasteiger partial charge in [0, 0.05) is 24.5 Å². The number of rotatable bonds is 8. The van der Waals surface area contributed by atoms with Gasteiger partial charge in [0.1, 0.15) is 5.76 Å². The Morgan fingerprint density at radius 3 is 2.08 bits per heavy atom. The van der Waals surface area contributed by atoms with Gasteiger partial charge in [-0.05, 0) is 81.3 Å². The van der Waals surface area contributed by atoms with Gasteiger partial charge < -0.3 is 5.11 Å². The SMILES string of the molecule is CC(C)C1=CC(=CC2=C(O)C(=Cc3cc(CCC(C)(C)C)[s+]c(C(C)C)c3)C2=O)C=C(CCC(C)(C)C)S1. The number of hydrogen-bond acceptors (Lipinski definition) is 3. The average molecular weight is 552 g/mol. The second-order valence-electron chi connectivity index (χ2n) is 13.7. The molecule has 0 atom stereocenters. The lowest BCUT2D eigenvalue weighted by Gasteiger charge is -2.24. The van der Waals surface area contributed by atoms with Crippen LogP contribution in [0.5, 0.6) is 0 Å². The summed E-state index contributed by atoms with van der Waals surface area (Å²) in [5.41, 5.74) is 3.38. The maximum atomic E-state index is 13.2. The number of carbonyl (C=O) groups is 1. The Labute approximate surface area is 239 Å². The summed E-state index contributed by atoms with van der Waals surface area (Å²) < 4.78 is 0. The number of ketones is 1. The minimum absolute atomic E-state index is 0.0766. The van der Waals surface area contributed by atoms with Crippen molar-refractivity contribution in [3.05, 3.63) is 78.0 Å². The van der Waals surface area contributed by atoms with Gasteiger partial charge in [-0.1, -0.05) is 81.0 Å². The molecule has 1 aliphatic carbocycles. The second kappa shape index (κ2) is 12.1. The van der Waals surface area contributed by atoms with E-state index in [1.54, 1.807) is 0 Å². The molecule has 0 bridgehead atoms. The molecule has 0 unspecified atom stereocenters. The van der Waals surface area contributed by atoms with Crippen LogP contribution in [0.1, 0.15) is 110 Å². The van der Waals surface area contributed by atoms with Crippen molar-refractivity contribution in [2.75, 3.05) is 0 Å². The molecular formula is C34H47O2S2+. The number of carbonyl (C=O) groups excluding carboxylic acids is 1. The molecule has 0 spiro atoms. The van der Waals surface area contributed by atoms with Gasteiger partial charge in [0.25, 0.3) is 0 Å². The molecule has 2 heterocycles. The quantitative estimate of drug-likeness (QED) is 0.258. The Morgan fingerprint density at radius 2 is 1.53 bits per heavy atom. The lowest BCUT2D eigenvalue weighted by molar-refractivity contribution is -0.113. The molecule has 1 aromatic rings. The van der Waals surface area contributed by atoms with Crippen molar-refractivity contribution >= 4 is 35.0 Å². The van der Waals surface area contributed by atoms with Crippen LogP contribution in [-0.2, 0) is 11.2 Å². The fourth-order valence-electron chi connectivity index (χ4n) is 4.23. The number of Topliss-reactive ketones (excluding diaryl/α,β-unsaturated/α-hetero) is 1. The van der Waals surface area contributed by atoms with Crippen molar-refractivity contribution in [1.82, 2.24) is 0 Å². The molecule has 1 aliphatic heterocycles. The predicted octanol–water partition coefficient (Wildman–Crippen LogP) is 10.8. The molecule has 0 saturated heterocycles. The third kappa shape index (κ3) is 8.55. The first kappa shape index (κ1) is 30.6. The molecule has 38 heavy (non-hydrogen) atoms. The summed E-state index contributed by atoms with van der Waals surface area (Å²) in [5.74, 6) is 0.865. The molecule has 1 aromatic heterocycles. The van der Waals surface area contributed by atoms with Crippen molar-refractivity contribution in [2.45, 2.75) is 101 Å². The van der Waals surface area contributed by atoms with Gasteiger partial charge in [-0.2, -0.15) is 0 Å². The topological polar surface area (TPSA) is 37.3 Å². The molecule has 3 rings (SSSR count). The number of aryl methyl sites for hydroxylation is 1. The van der Waals surface area contributed by atoms with Crippen LogP contribution in [-0.4, -0.2) is 10.9 Å². The highest BCUT2D eigenvalue weighted by atomic mass is 32.2. The van der Waals surface area contributed by atoms with Gasteiger partial charge in [-0.15, -0.1) is 0 Å². The fourth-order valence-corrected chi connectivity index (χ4v) is 6.49. The minimum Gasteiger partial charge on any atom is -0.506 e. The third-order valence-electron chi connectivity index (χ3n) is 6.77. The summed E-state index contributed by atoms with van der Waals surface area (Å²) in [4.78, 5) is 18.5. The smallest absolute Gasteiger partial charge is 0.218 e. The van der Waals surface area contributed by atoms with Gasteiger partial charge in [0.2, 0.25) is 26.9 Å². The number of hydrogen-bond donors (Lipinski definition) is 1. The van der Waals surface area contributed by atoms with Crippen molar-refractivity contribution in [3.63, 3.8) is 0 Å². The highest BCUT2D eigenvalue weighted by molar-refractivity contribution is 8.06. The average Bonchev–Trinajstić information content (AvgIpc) is 2.82. The molecule has 0 fully saturated rings. The Hall–Kier alpha value is -1.91. The normalized spacial score (nSPS) is 19.0. The molecular weight excluding hydrogens is 505 g/mol. The minimum atomic E-state index is -0.0766. The van der Waals surface area contributed by atoms with E-state index in [0.717, 1.165) is 36.8 Å². The number of allylic oxidation sites excluding steroid dienone is 8. The highest BCUT2D eigenvalue weighted by Gasteiger charge is 2.33. The standard InChI is InChI=1S/C34H46O2S2/c1-21(2)29-19-23(15-25(37-29)11-13-33(5,6)7)17-27-31(35)28(32(27)36)18-24-16-26(12-14-34(8,9)10)38-30(20-24)22(3)4/h15-22H,11-14H2,1-10H3/p+1. The van der Waals surface area contributed by atoms with Crippen LogP contribution in [0, 0.1) is 16.7 Å². The van der Waals surface area contributed by atoms with Crippen LogP contribution in [0.2, 0.25) is 0 Å². The van der Waals surface area contributed by atoms with E-state index in [9.17, 15) is 9.90 Å². The summed E-state index contributed by atoms with van der Waals surface area (Å²) in [6.07, 6.45) is 12.4. The molecule has 4 heteroatoms. The number of aliphatic hydroxyl groups is 1. The maximum absolute atomic E-state index is 13.2. The molecule has 0 amide bonds. The zero-order chi connectivity index (χ0) is 28.4. The van der Waals surface area contributed by atoms with E-state index < -0.39 is 0 Å². The second-order valence-corrected chi connectivity index (χ2v) is 16.1. The van der Waals surface area contributed by atoms with Gasteiger partial charge in [0.05, 0.1) is 11.1 Å². The van der Waals surface area contributed by atoms with Gasteiger partial charge >= 0.3 is 0 Å². The van der Waals surface area contributed by atoms with Crippen molar-refractivity contribution < 1.29 is 9.90 Å². The maximum Gasteiger partial charge on any atom is 0.218 e. The van der Waals surface area contributed by atoms with E-state index >= 15 is 0 Å². The van der Waals surface area contributed by atoms with E-state index in [4.69, 9.17) is 0 Å². The fraction of sp³-hybridized carbons (Fsp3) is 0.529. The van der Waals surface area contributed by atoms with Crippen LogP contribution in [0.15, 0.2) is 62.6 Å². The summed E-state index contributed by atoms with van der Waals surface area (Å²) in [6.45, 7) is 22.4. The first-order chi connectivity index (χ1) is 17.5. The molecule has 1 N–H and O–H groups in total. The zero-order valence-electron chi connectivity index (χ0n) is 25.1. The van der Waals surface area contributed by atoms with Crippen molar-refractivity contribution in [2.24, 2.45) is 16.7 Å². The van der Waals surface area contributed by atoms with Crippen molar-refractivity contribution in [3.8, 4) is 0 Å². The van der Waals surface area contributed by atoms with Crippen LogP contribution in [0.3, 0.4) is 0 Å². The lowest BCUT2D eigenvalue weighted by atomic mass is 9.85. The van der Waals surface area contributed by atoms with Gasteiger partial charge in [-0.25, -0.2) is 0 Å². The van der Waals surface area contributed by atoms with E-state index in [-0.39, 0.29) is 22.4 Å². The largest absolute Gasteiger partial charge is 0.506 e. The van der Waals surface area contributed by atoms with Crippen LogP contribution < -0.4 is 0 Å². The van der Waals surface area contributed by atoms with E-state index in [2.05, 4.69) is 93.5 Å². The summed E-state index contributed by atoms with van der Waals surface area (Å²) in [6, 6.07) is 4.35. The van der Waals surface area contributed by atoms with Crippen LogP contribution in [0.4, 0.5) is 0 Å². The number of aliphatic hydroxyl groups excluding tert-OH is 1. The van der Waals surface area contributed by atoms with E-state index in [1.807, 2.05) is 35.3 Å². The molecule has 0 aromatic carbocycles. The zero-order valence-corrected chi connectivity index (χ0v) is 26.8. The number of thioether (sulfide) groups is 1. The Kier molecular flexibility index (Phi) is 9.74. The van der Waals surface area contributed by atoms with Crippen molar-refractivity contribution in [1.29, 1.82) is 0 Å². The molecule has 206 valence electrons. The third-order valence-corrected chi connectivity index (χ3v) is 9.59. The molecule has 0 radical (unpaired) electrons. The summed E-state index contributed by atoms with van der Waals surface area (Å²) >= 11 is 3.72. The monoisotopic (exact) mass is 551 g/mol. The van der Waals surface area contributed by atoms with Gasteiger partial charge in [-0.3, -0.25) is 4.79 Å². The van der Waals surface area contributed by atoms with Gasteiger partial charge in [0.15, 0.2) is 0 Å². The molecule has 0 saturated carbocycles. The molecule has 2 aliphatic rings. The first-order valence-corrected chi connectivity index (χ1v) is 15.6. The Bertz CT molecular complexity index is 1220. The van der Waals surface area contributed by atoms with E-state index in [0.29, 0.717) is 23.0 Å². The molecule has 2 nitrogen and oxygen atoms in total. The first-order valence-electron chi connectivity index (χ1n) is 14.0. The predicted molar refractivity (Wildman–Crippen MR) is 169 cm³/mol. The summed E-state index contributed by atoms with van der Waals surface area (Å²) in [7, 11) is 0. The van der Waals surface area contributed by atoms with Crippen LogP contribution >= 0.6 is 23.1 Å². The van der Waals surface area contributed by atoms with Crippen LogP contribution in [0.25, 0.3) is 6.08 Å². The Balaban J connectivity index is 1.92. The van der Waals surface area contributed by atoms with E-state index in [1.165, 1.54) is 19.6 Å². The lowest BCUT2D eigenvalue weighted by Crippen LogP contribution is -2.21. The highest BCUT2D eigenvalue weighted by Crippen LogP contribution is 2.42. The summed E-state index contributed by atoms with van der Waals surface area (Å²) in [5, 5.41) is 10.9. The Morgan fingerprint density at radius 1 is 0.895 bits per heavy atom.